The molecular weight excluding hydrogens is 301 g/mol. The third kappa shape index (κ3) is 4.29. The van der Waals surface area contributed by atoms with Gasteiger partial charge in [-0.1, -0.05) is 24.3 Å². The Morgan fingerprint density at radius 2 is 1.96 bits per heavy atom. The van der Waals surface area contributed by atoms with E-state index in [9.17, 15) is 19.1 Å². The summed E-state index contributed by atoms with van der Waals surface area (Å²) in [5.74, 6) is -1.85. The van der Waals surface area contributed by atoms with Gasteiger partial charge in [-0.05, 0) is 29.8 Å². The third-order valence-corrected chi connectivity index (χ3v) is 3.31. The van der Waals surface area contributed by atoms with Gasteiger partial charge in [-0.2, -0.15) is 0 Å². The average molecular weight is 317 g/mol. The molecule has 0 bridgehead atoms. The van der Waals surface area contributed by atoms with Gasteiger partial charge < -0.3 is 15.2 Å². The number of halogens is 1. The number of carbonyl (C=O) groups excluding carboxylic acids is 1. The number of benzene rings is 2. The number of hydrogen-bond acceptors (Lipinski definition) is 3. The topological polar surface area (TPSA) is 75.6 Å². The average Bonchev–Trinajstić information content (AvgIpc) is 2.54. The summed E-state index contributed by atoms with van der Waals surface area (Å²) in [6, 6.07) is 10.9. The molecule has 1 amide bonds. The van der Waals surface area contributed by atoms with Crippen molar-refractivity contribution in [2.24, 2.45) is 0 Å². The van der Waals surface area contributed by atoms with Gasteiger partial charge >= 0.3 is 5.97 Å². The van der Waals surface area contributed by atoms with Crippen molar-refractivity contribution >= 4 is 11.9 Å². The Hall–Kier alpha value is -2.89. The molecule has 0 aliphatic heterocycles. The normalized spacial score (nSPS) is 11.6. The smallest absolute Gasteiger partial charge is 0.326 e. The molecule has 2 aromatic carbocycles. The first kappa shape index (κ1) is 16.5. The monoisotopic (exact) mass is 317 g/mol. The fourth-order valence-electron chi connectivity index (χ4n) is 2.16. The molecule has 0 heterocycles. The quantitative estimate of drug-likeness (QED) is 0.857. The molecule has 0 aliphatic carbocycles. The molecule has 0 saturated heterocycles. The lowest BCUT2D eigenvalue weighted by Crippen LogP contribution is -2.42. The Morgan fingerprint density at radius 1 is 1.22 bits per heavy atom. The Kier molecular flexibility index (Phi) is 5.30. The number of carboxylic acid groups (broad SMARTS) is 1. The fraction of sp³-hybridized carbons (Fsp3) is 0.176. The number of para-hydroxylation sites is 1. The Balaban J connectivity index is 2.16. The standard InChI is InChI=1S/C17H16FNO4/c1-23-15-8-3-2-5-11(15)10-14(17(21)22)19-16(20)12-6-4-7-13(18)9-12/h2-9,14H,10H2,1H3,(H,19,20)(H,21,22)/t14-/m0/s1. The second-order valence-corrected chi connectivity index (χ2v) is 4.89. The van der Waals surface area contributed by atoms with Gasteiger partial charge in [0.25, 0.3) is 5.91 Å². The van der Waals surface area contributed by atoms with Crippen LogP contribution in [0.2, 0.25) is 0 Å². The van der Waals surface area contributed by atoms with E-state index in [1.54, 1.807) is 24.3 Å². The minimum atomic E-state index is -1.18. The van der Waals surface area contributed by atoms with Crippen LogP contribution in [0.25, 0.3) is 0 Å². The zero-order valence-electron chi connectivity index (χ0n) is 12.5. The molecule has 120 valence electrons. The van der Waals surface area contributed by atoms with Gasteiger partial charge in [0.05, 0.1) is 7.11 Å². The molecule has 2 rings (SSSR count). The second-order valence-electron chi connectivity index (χ2n) is 4.89. The van der Waals surface area contributed by atoms with Crippen LogP contribution in [0.5, 0.6) is 5.75 Å². The predicted octanol–water partition coefficient (Wildman–Crippen LogP) is 2.26. The van der Waals surface area contributed by atoms with Crippen molar-refractivity contribution < 1.29 is 23.8 Å². The van der Waals surface area contributed by atoms with Crippen molar-refractivity contribution in [1.82, 2.24) is 5.32 Å². The number of amides is 1. The van der Waals surface area contributed by atoms with Crippen molar-refractivity contribution in [2.75, 3.05) is 7.11 Å². The summed E-state index contributed by atoms with van der Waals surface area (Å²) >= 11 is 0. The highest BCUT2D eigenvalue weighted by Crippen LogP contribution is 2.19. The van der Waals surface area contributed by atoms with Gasteiger partial charge in [0.2, 0.25) is 0 Å². The molecule has 0 unspecified atom stereocenters. The second kappa shape index (κ2) is 7.40. The van der Waals surface area contributed by atoms with Gasteiger partial charge in [0, 0.05) is 12.0 Å². The van der Waals surface area contributed by atoms with Crippen LogP contribution >= 0.6 is 0 Å². The number of ether oxygens (including phenoxy) is 1. The van der Waals surface area contributed by atoms with Crippen LogP contribution in [0.3, 0.4) is 0 Å². The first-order valence-electron chi connectivity index (χ1n) is 6.92. The number of methoxy groups -OCH3 is 1. The van der Waals surface area contributed by atoms with Crippen molar-refractivity contribution in [3.8, 4) is 5.75 Å². The zero-order valence-corrected chi connectivity index (χ0v) is 12.5. The summed E-state index contributed by atoms with van der Waals surface area (Å²) in [7, 11) is 1.49. The van der Waals surface area contributed by atoms with E-state index in [1.807, 2.05) is 0 Å². The van der Waals surface area contributed by atoms with Crippen LogP contribution in [0.4, 0.5) is 4.39 Å². The predicted molar refractivity (Wildman–Crippen MR) is 82.0 cm³/mol. The van der Waals surface area contributed by atoms with E-state index in [0.29, 0.717) is 11.3 Å². The molecule has 2 N–H and O–H groups in total. The molecular formula is C17H16FNO4. The van der Waals surface area contributed by atoms with Crippen LogP contribution in [0.1, 0.15) is 15.9 Å². The van der Waals surface area contributed by atoms with Crippen molar-refractivity contribution in [1.29, 1.82) is 0 Å². The third-order valence-electron chi connectivity index (χ3n) is 3.31. The lowest BCUT2D eigenvalue weighted by Gasteiger charge is -2.16. The fourth-order valence-corrected chi connectivity index (χ4v) is 2.16. The summed E-state index contributed by atoms with van der Waals surface area (Å²) < 4.78 is 18.3. The van der Waals surface area contributed by atoms with E-state index >= 15 is 0 Å². The van der Waals surface area contributed by atoms with E-state index in [2.05, 4.69) is 5.32 Å². The van der Waals surface area contributed by atoms with Crippen LogP contribution in [-0.2, 0) is 11.2 Å². The zero-order chi connectivity index (χ0) is 16.8. The molecule has 5 nitrogen and oxygen atoms in total. The summed E-state index contributed by atoms with van der Waals surface area (Å²) in [6.45, 7) is 0. The summed E-state index contributed by atoms with van der Waals surface area (Å²) in [6.07, 6.45) is 0.0560. The Morgan fingerprint density at radius 3 is 2.61 bits per heavy atom. The highest BCUT2D eigenvalue weighted by atomic mass is 19.1. The molecule has 0 aromatic heterocycles. The molecule has 6 heteroatoms. The lowest BCUT2D eigenvalue weighted by molar-refractivity contribution is -0.139. The van der Waals surface area contributed by atoms with Gasteiger partial charge in [0.1, 0.15) is 17.6 Å². The van der Waals surface area contributed by atoms with Gasteiger partial charge in [0.15, 0.2) is 0 Å². The lowest BCUT2D eigenvalue weighted by atomic mass is 10.0. The molecule has 1 atom stereocenters. The maximum Gasteiger partial charge on any atom is 0.326 e. The molecule has 0 spiro atoms. The summed E-state index contributed by atoms with van der Waals surface area (Å²) in [5.41, 5.74) is 0.721. The van der Waals surface area contributed by atoms with E-state index in [4.69, 9.17) is 4.74 Å². The SMILES string of the molecule is COc1ccccc1C[C@H](NC(=O)c1cccc(F)c1)C(=O)O. The summed E-state index contributed by atoms with van der Waals surface area (Å²) in [4.78, 5) is 23.5. The maximum absolute atomic E-state index is 13.2. The number of nitrogens with one attached hydrogen (secondary N) is 1. The molecule has 0 saturated carbocycles. The largest absolute Gasteiger partial charge is 0.496 e. The van der Waals surface area contributed by atoms with Crippen molar-refractivity contribution in [3.05, 3.63) is 65.5 Å². The maximum atomic E-state index is 13.2. The number of aliphatic carboxylic acids is 1. The Bertz CT molecular complexity index is 717. The number of carbonyl (C=O) groups is 2. The van der Waals surface area contributed by atoms with Gasteiger partial charge in [-0.15, -0.1) is 0 Å². The van der Waals surface area contributed by atoms with Crippen LogP contribution in [0, 0.1) is 5.82 Å². The first-order valence-corrected chi connectivity index (χ1v) is 6.92. The molecule has 23 heavy (non-hydrogen) atoms. The number of hydrogen-bond donors (Lipinski definition) is 2. The highest BCUT2D eigenvalue weighted by Gasteiger charge is 2.22. The van der Waals surface area contributed by atoms with Crippen molar-refractivity contribution in [2.45, 2.75) is 12.5 Å². The number of rotatable bonds is 6. The Labute approximate surface area is 132 Å². The van der Waals surface area contributed by atoms with E-state index in [-0.39, 0.29) is 12.0 Å². The van der Waals surface area contributed by atoms with Gasteiger partial charge in [-0.3, -0.25) is 4.79 Å². The first-order chi connectivity index (χ1) is 11.0. The minimum Gasteiger partial charge on any atom is -0.496 e. The molecule has 0 radical (unpaired) electrons. The molecule has 0 fully saturated rings. The van der Waals surface area contributed by atoms with Crippen molar-refractivity contribution in [3.63, 3.8) is 0 Å². The highest BCUT2D eigenvalue weighted by molar-refractivity contribution is 5.96. The molecule has 2 aromatic rings. The minimum absolute atomic E-state index is 0.0560. The van der Waals surface area contributed by atoms with Crippen LogP contribution in [0.15, 0.2) is 48.5 Å². The number of carboxylic acids is 1. The van der Waals surface area contributed by atoms with Crippen LogP contribution < -0.4 is 10.1 Å². The molecule has 0 aliphatic rings. The van der Waals surface area contributed by atoms with Crippen LogP contribution in [-0.4, -0.2) is 30.1 Å². The van der Waals surface area contributed by atoms with E-state index < -0.39 is 23.7 Å². The summed E-state index contributed by atoms with van der Waals surface area (Å²) in [5, 5.41) is 11.7. The van der Waals surface area contributed by atoms with E-state index in [0.717, 1.165) is 6.07 Å². The van der Waals surface area contributed by atoms with E-state index in [1.165, 1.54) is 25.3 Å². The van der Waals surface area contributed by atoms with Gasteiger partial charge in [-0.25, -0.2) is 9.18 Å².